The number of epoxide rings is 1. The molecular formula is C30H40O2. The molecule has 9 fully saturated rings. The Morgan fingerprint density at radius 3 is 1.69 bits per heavy atom. The van der Waals surface area contributed by atoms with E-state index in [-0.39, 0.29) is 0 Å². The molecule has 9 aliphatic rings. The quantitative estimate of drug-likeness (QED) is 0.478. The van der Waals surface area contributed by atoms with Gasteiger partial charge in [0.25, 0.3) is 0 Å². The van der Waals surface area contributed by atoms with Crippen LogP contribution in [0.3, 0.4) is 0 Å². The van der Waals surface area contributed by atoms with Gasteiger partial charge in [0.05, 0.1) is 6.10 Å². The zero-order valence-electron chi connectivity index (χ0n) is 19.9. The molecule has 8 aliphatic carbocycles. The molecule has 32 heavy (non-hydrogen) atoms. The van der Waals surface area contributed by atoms with E-state index < -0.39 is 0 Å². The van der Waals surface area contributed by atoms with Crippen molar-refractivity contribution in [3.8, 4) is 5.75 Å². The Kier molecular flexibility index (Phi) is 3.95. The molecule has 0 spiro atoms. The minimum Gasteiger partial charge on any atom is -0.490 e. The first-order valence-electron chi connectivity index (χ1n) is 14.0. The molecule has 2 unspecified atom stereocenters. The van der Waals surface area contributed by atoms with Gasteiger partial charge in [-0.2, -0.15) is 0 Å². The Balaban J connectivity index is 1.18. The first-order valence-corrected chi connectivity index (χ1v) is 14.0. The summed E-state index contributed by atoms with van der Waals surface area (Å²) in [7, 11) is 0. The molecule has 2 nitrogen and oxygen atoms in total. The molecule has 2 atom stereocenters. The van der Waals surface area contributed by atoms with Gasteiger partial charge in [-0.25, -0.2) is 0 Å². The van der Waals surface area contributed by atoms with Crippen molar-refractivity contribution >= 4 is 0 Å². The third kappa shape index (κ3) is 2.87. The van der Waals surface area contributed by atoms with Crippen molar-refractivity contribution in [2.24, 2.45) is 35.5 Å². The van der Waals surface area contributed by atoms with Crippen LogP contribution in [-0.4, -0.2) is 18.8 Å². The minimum absolute atomic E-state index is 0.308. The van der Waals surface area contributed by atoms with Gasteiger partial charge >= 0.3 is 0 Å². The van der Waals surface area contributed by atoms with E-state index in [9.17, 15) is 0 Å². The van der Waals surface area contributed by atoms with Crippen LogP contribution in [0, 0.1) is 35.5 Å². The molecule has 10 rings (SSSR count). The van der Waals surface area contributed by atoms with Crippen molar-refractivity contribution in [3.05, 3.63) is 29.3 Å². The molecule has 0 N–H and O–H groups in total. The van der Waals surface area contributed by atoms with Gasteiger partial charge in [-0.05, 0) is 142 Å². The largest absolute Gasteiger partial charge is 0.490 e. The predicted octanol–water partition coefficient (Wildman–Crippen LogP) is 6.79. The lowest BCUT2D eigenvalue weighted by molar-refractivity contribution is -0.00801. The molecule has 8 bridgehead atoms. The second-order valence-corrected chi connectivity index (χ2v) is 13.8. The summed E-state index contributed by atoms with van der Waals surface area (Å²) in [6, 6.07) is 7.73. The van der Waals surface area contributed by atoms with E-state index in [1.54, 1.807) is 11.1 Å². The number of benzene rings is 1. The fraction of sp³-hybridized carbons (Fsp3) is 0.800. The zero-order chi connectivity index (χ0) is 21.1. The lowest BCUT2D eigenvalue weighted by Crippen LogP contribution is -2.49. The van der Waals surface area contributed by atoms with Gasteiger partial charge in [0, 0.05) is 5.56 Å². The zero-order valence-corrected chi connectivity index (χ0v) is 19.9. The Morgan fingerprint density at radius 1 is 0.750 bits per heavy atom. The summed E-state index contributed by atoms with van der Waals surface area (Å²) >= 11 is 0. The van der Waals surface area contributed by atoms with Gasteiger partial charge in [-0.1, -0.05) is 12.1 Å². The highest BCUT2D eigenvalue weighted by molar-refractivity contribution is 5.47. The van der Waals surface area contributed by atoms with Crippen molar-refractivity contribution in [1.82, 2.24) is 0 Å². The highest BCUT2D eigenvalue weighted by Gasteiger charge is 2.54. The molecule has 1 aromatic carbocycles. The SMILES string of the molecule is CC1OC1COc1cc(C23CC4CC(CC(C4)C2)C3)ccc1C12CC3CC(CC(C3)C1)C2. The number of hydrogen-bond acceptors (Lipinski definition) is 2. The normalized spacial score (nSPS) is 51.9. The Labute approximate surface area is 193 Å². The number of ether oxygens (including phenoxy) is 2. The first-order chi connectivity index (χ1) is 15.6. The van der Waals surface area contributed by atoms with E-state index in [1.807, 2.05) is 0 Å². The summed E-state index contributed by atoms with van der Waals surface area (Å²) in [5.74, 6) is 7.16. The summed E-state index contributed by atoms with van der Waals surface area (Å²) < 4.78 is 12.4. The molecule has 0 aromatic heterocycles. The standard InChI is InChI=1S/C30H40O2/c1-18-28(32-18)17-31-27-10-25(29-11-19-4-20(12-29)6-21(5-19)13-29)2-3-26(27)30-14-22-7-23(15-30)9-24(8-22)16-30/h2-3,10,18-24,28H,4-9,11-17H2,1H3. The van der Waals surface area contributed by atoms with Crippen molar-refractivity contribution in [2.45, 2.75) is 107 Å². The summed E-state index contributed by atoms with van der Waals surface area (Å²) in [5, 5.41) is 0. The molecule has 0 amide bonds. The molecule has 8 saturated carbocycles. The van der Waals surface area contributed by atoms with E-state index in [0.29, 0.717) is 23.0 Å². The lowest BCUT2D eigenvalue weighted by atomic mass is 9.47. The van der Waals surface area contributed by atoms with Crippen LogP contribution in [-0.2, 0) is 15.6 Å². The highest BCUT2D eigenvalue weighted by atomic mass is 16.6. The van der Waals surface area contributed by atoms with Crippen LogP contribution in [0.15, 0.2) is 18.2 Å². The molecule has 0 radical (unpaired) electrons. The van der Waals surface area contributed by atoms with Crippen molar-refractivity contribution in [3.63, 3.8) is 0 Å². The fourth-order valence-electron chi connectivity index (χ4n) is 10.9. The van der Waals surface area contributed by atoms with Crippen LogP contribution in [0.5, 0.6) is 5.75 Å². The monoisotopic (exact) mass is 432 g/mol. The van der Waals surface area contributed by atoms with E-state index in [0.717, 1.165) is 42.1 Å². The molecule has 1 aliphatic heterocycles. The number of rotatable bonds is 5. The van der Waals surface area contributed by atoms with E-state index in [4.69, 9.17) is 9.47 Å². The van der Waals surface area contributed by atoms with Crippen LogP contribution >= 0.6 is 0 Å². The van der Waals surface area contributed by atoms with E-state index >= 15 is 0 Å². The average Bonchev–Trinajstić information content (AvgIpc) is 3.45. The van der Waals surface area contributed by atoms with Crippen LogP contribution in [0.1, 0.15) is 95.1 Å². The summed E-state index contributed by atoms with van der Waals surface area (Å²) in [5.41, 5.74) is 4.07. The Bertz CT molecular complexity index is 860. The average molecular weight is 433 g/mol. The van der Waals surface area contributed by atoms with Crippen molar-refractivity contribution in [1.29, 1.82) is 0 Å². The molecule has 1 saturated heterocycles. The van der Waals surface area contributed by atoms with Crippen LogP contribution in [0.2, 0.25) is 0 Å². The van der Waals surface area contributed by atoms with E-state index in [2.05, 4.69) is 25.1 Å². The van der Waals surface area contributed by atoms with Gasteiger partial charge in [-0.15, -0.1) is 0 Å². The number of hydrogen-bond donors (Lipinski definition) is 0. The molecule has 1 heterocycles. The summed E-state index contributed by atoms with van der Waals surface area (Å²) in [6.07, 6.45) is 18.4. The summed E-state index contributed by atoms with van der Waals surface area (Å²) in [6.45, 7) is 2.92. The van der Waals surface area contributed by atoms with Gasteiger partial charge in [-0.3, -0.25) is 0 Å². The Morgan fingerprint density at radius 2 is 1.22 bits per heavy atom. The Hall–Kier alpha value is -1.02. The van der Waals surface area contributed by atoms with Crippen LogP contribution < -0.4 is 4.74 Å². The fourth-order valence-corrected chi connectivity index (χ4v) is 10.9. The third-order valence-corrected chi connectivity index (χ3v) is 11.5. The van der Waals surface area contributed by atoms with Crippen molar-refractivity contribution in [2.75, 3.05) is 6.61 Å². The maximum atomic E-state index is 6.70. The topological polar surface area (TPSA) is 21.8 Å². The minimum atomic E-state index is 0.308. The molecule has 2 heteroatoms. The van der Waals surface area contributed by atoms with Gasteiger partial charge in [0.1, 0.15) is 18.5 Å². The summed E-state index contributed by atoms with van der Waals surface area (Å²) in [4.78, 5) is 0. The molecular weight excluding hydrogens is 392 g/mol. The smallest absolute Gasteiger partial charge is 0.123 e. The second-order valence-electron chi connectivity index (χ2n) is 13.8. The molecule has 1 aromatic rings. The lowest BCUT2D eigenvalue weighted by Gasteiger charge is -2.58. The van der Waals surface area contributed by atoms with Crippen LogP contribution in [0.25, 0.3) is 0 Å². The maximum absolute atomic E-state index is 6.70. The third-order valence-electron chi connectivity index (χ3n) is 11.5. The highest BCUT2D eigenvalue weighted by Crippen LogP contribution is 2.64. The van der Waals surface area contributed by atoms with Gasteiger partial charge in [0.15, 0.2) is 0 Å². The van der Waals surface area contributed by atoms with Crippen LogP contribution in [0.4, 0.5) is 0 Å². The second kappa shape index (κ2) is 6.55. The maximum Gasteiger partial charge on any atom is 0.123 e. The predicted molar refractivity (Wildman–Crippen MR) is 126 cm³/mol. The first kappa shape index (κ1) is 19.3. The van der Waals surface area contributed by atoms with Gasteiger partial charge < -0.3 is 9.47 Å². The molecule has 172 valence electrons. The van der Waals surface area contributed by atoms with E-state index in [1.165, 1.54) is 82.8 Å². The van der Waals surface area contributed by atoms with Gasteiger partial charge in [0.2, 0.25) is 0 Å². The van der Waals surface area contributed by atoms with Crippen molar-refractivity contribution < 1.29 is 9.47 Å².